The van der Waals surface area contributed by atoms with Crippen LogP contribution in [-0.4, -0.2) is 52.3 Å². The SMILES string of the molecule is C/C=C1\OC(C)(C)OC(C)=C1C.CC(=O)C(C)C(=O)OC(C)(C)C.CC(=O)CC(=O)OC(C)(C)C.CCC1=C(C)C(=O)OC(C)(C)O1. The summed E-state index contributed by atoms with van der Waals surface area (Å²) in [6, 6.07) is 0. The standard InChI is InChI=1S/C10H16O2.C9H14O3.C9H16O3.C8H14O3/c1-6-9-7(2)8(3)11-10(4,5)12-9;1-5-7-6(2)8(10)12-9(3,4)11-7;1-6(7(2)10)8(11)12-9(3,4)5;1-6(9)5-7(10)11-8(2,3)4/h6H,1-5H3;5H2,1-4H3;6H,1-5H3;5H2,1-4H3/b9-6-;;;. The summed E-state index contributed by atoms with van der Waals surface area (Å²) in [5.41, 5.74) is 0.654. The summed E-state index contributed by atoms with van der Waals surface area (Å²) in [5, 5.41) is 0. The summed E-state index contributed by atoms with van der Waals surface area (Å²) in [7, 11) is 0. The van der Waals surface area contributed by atoms with E-state index in [9.17, 15) is 24.0 Å². The van der Waals surface area contributed by atoms with E-state index >= 15 is 0 Å². The first-order valence-electron chi connectivity index (χ1n) is 15.8. The Labute approximate surface area is 282 Å². The van der Waals surface area contributed by atoms with Crippen molar-refractivity contribution in [3.63, 3.8) is 0 Å². The number of hydrogen-bond donors (Lipinski definition) is 0. The van der Waals surface area contributed by atoms with Crippen LogP contribution < -0.4 is 0 Å². The van der Waals surface area contributed by atoms with E-state index in [0.717, 1.165) is 29.3 Å². The second-order valence-electron chi connectivity index (χ2n) is 14.1. The van der Waals surface area contributed by atoms with E-state index in [0.29, 0.717) is 5.57 Å². The Morgan fingerprint density at radius 3 is 1.64 bits per heavy atom. The molecule has 0 amide bonds. The van der Waals surface area contributed by atoms with Gasteiger partial charge in [0.15, 0.2) is 0 Å². The van der Waals surface area contributed by atoms with E-state index < -0.39 is 40.6 Å². The van der Waals surface area contributed by atoms with E-state index in [-0.39, 0.29) is 24.0 Å². The molecule has 0 aromatic heterocycles. The van der Waals surface area contributed by atoms with Crippen molar-refractivity contribution in [2.45, 2.75) is 160 Å². The zero-order valence-electron chi connectivity index (χ0n) is 32.1. The Kier molecular flexibility index (Phi) is 18.0. The smallest absolute Gasteiger partial charge is 0.340 e. The summed E-state index contributed by atoms with van der Waals surface area (Å²) in [5.74, 6) is -0.886. The van der Waals surface area contributed by atoms with Crippen LogP contribution in [0.2, 0.25) is 0 Å². The van der Waals surface area contributed by atoms with Gasteiger partial charge in [0.25, 0.3) is 0 Å². The van der Waals surface area contributed by atoms with Crippen molar-refractivity contribution in [2.75, 3.05) is 0 Å². The van der Waals surface area contributed by atoms with Gasteiger partial charge < -0.3 is 28.4 Å². The first kappa shape index (κ1) is 45.5. The van der Waals surface area contributed by atoms with Gasteiger partial charge in [-0.05, 0) is 96.1 Å². The van der Waals surface area contributed by atoms with E-state index in [1.54, 1.807) is 69.2 Å². The highest BCUT2D eigenvalue weighted by Crippen LogP contribution is 2.31. The van der Waals surface area contributed by atoms with Crippen molar-refractivity contribution >= 4 is 29.5 Å². The molecule has 2 aliphatic rings. The molecule has 270 valence electrons. The Morgan fingerprint density at radius 1 is 0.787 bits per heavy atom. The second kappa shape index (κ2) is 18.6. The van der Waals surface area contributed by atoms with Gasteiger partial charge in [0.1, 0.15) is 52.4 Å². The lowest BCUT2D eigenvalue weighted by molar-refractivity contribution is -0.208. The number of carbonyl (C=O) groups excluding carboxylic acids is 5. The molecule has 11 heteroatoms. The quantitative estimate of drug-likeness (QED) is 0.161. The van der Waals surface area contributed by atoms with Gasteiger partial charge in [-0.2, -0.15) is 0 Å². The zero-order chi connectivity index (χ0) is 37.7. The molecule has 1 unspecified atom stereocenters. The fourth-order valence-corrected chi connectivity index (χ4v) is 3.54. The molecule has 0 aromatic rings. The molecule has 0 saturated carbocycles. The summed E-state index contributed by atoms with van der Waals surface area (Å²) in [4.78, 5) is 54.4. The zero-order valence-corrected chi connectivity index (χ0v) is 32.1. The first-order valence-corrected chi connectivity index (χ1v) is 15.8. The third-order valence-corrected chi connectivity index (χ3v) is 5.85. The summed E-state index contributed by atoms with van der Waals surface area (Å²) >= 11 is 0. The van der Waals surface area contributed by atoms with Crippen LogP contribution in [0.25, 0.3) is 0 Å². The van der Waals surface area contributed by atoms with Crippen LogP contribution in [0.5, 0.6) is 0 Å². The first-order chi connectivity index (χ1) is 21.0. The molecule has 0 radical (unpaired) electrons. The largest absolute Gasteiger partial charge is 0.460 e. The third-order valence-electron chi connectivity index (χ3n) is 5.85. The van der Waals surface area contributed by atoms with Crippen LogP contribution in [0, 0.1) is 5.92 Å². The molecule has 0 saturated heterocycles. The molecule has 2 heterocycles. The molecular weight excluding hydrogens is 608 g/mol. The normalized spacial score (nSPS) is 18.1. The van der Waals surface area contributed by atoms with Gasteiger partial charge in [0.2, 0.25) is 11.6 Å². The molecule has 0 fully saturated rings. The number of cyclic esters (lactones) is 1. The maximum absolute atomic E-state index is 11.2. The average molecular weight is 669 g/mol. The number of esters is 3. The summed E-state index contributed by atoms with van der Waals surface area (Å²) in [6.07, 6.45) is 2.56. The van der Waals surface area contributed by atoms with Crippen LogP contribution in [0.4, 0.5) is 0 Å². The molecule has 1 atom stereocenters. The van der Waals surface area contributed by atoms with Crippen molar-refractivity contribution in [2.24, 2.45) is 5.92 Å². The van der Waals surface area contributed by atoms with Gasteiger partial charge in [-0.25, -0.2) is 4.79 Å². The molecule has 0 aromatic carbocycles. The van der Waals surface area contributed by atoms with Gasteiger partial charge in [0, 0.05) is 39.7 Å². The Hall–Kier alpha value is -3.63. The highest BCUT2D eigenvalue weighted by molar-refractivity contribution is 5.97. The minimum Gasteiger partial charge on any atom is -0.460 e. The van der Waals surface area contributed by atoms with E-state index in [4.69, 9.17) is 28.4 Å². The van der Waals surface area contributed by atoms with Crippen molar-refractivity contribution in [1.82, 2.24) is 0 Å². The minimum atomic E-state index is -0.804. The number of Topliss-reactive ketones (excluding diaryl/α,β-unsaturated/α-hetero) is 2. The van der Waals surface area contributed by atoms with Gasteiger partial charge in [-0.3, -0.25) is 19.2 Å². The number of ketones is 2. The predicted molar refractivity (Wildman–Crippen MR) is 179 cm³/mol. The lowest BCUT2D eigenvalue weighted by Crippen LogP contribution is -2.36. The van der Waals surface area contributed by atoms with Crippen LogP contribution in [-0.2, 0) is 52.4 Å². The van der Waals surface area contributed by atoms with Crippen molar-refractivity contribution < 1.29 is 52.4 Å². The minimum absolute atomic E-state index is 0.128. The molecule has 0 bridgehead atoms. The predicted octanol–water partition coefficient (Wildman–Crippen LogP) is 7.81. The summed E-state index contributed by atoms with van der Waals surface area (Å²) < 4.78 is 31.5. The van der Waals surface area contributed by atoms with Gasteiger partial charge in [-0.1, -0.05) is 6.92 Å². The number of allylic oxidation sites excluding steroid dienone is 4. The number of hydrogen-bond acceptors (Lipinski definition) is 11. The van der Waals surface area contributed by atoms with Crippen LogP contribution >= 0.6 is 0 Å². The molecule has 2 rings (SSSR count). The molecule has 47 heavy (non-hydrogen) atoms. The molecule has 0 spiro atoms. The third kappa shape index (κ3) is 20.3. The van der Waals surface area contributed by atoms with Gasteiger partial charge in [-0.15, -0.1) is 0 Å². The van der Waals surface area contributed by atoms with E-state index in [2.05, 4.69) is 0 Å². The highest BCUT2D eigenvalue weighted by Gasteiger charge is 2.33. The maximum Gasteiger partial charge on any atom is 0.340 e. The second-order valence-corrected chi connectivity index (χ2v) is 14.1. The van der Waals surface area contributed by atoms with E-state index in [1.165, 1.54) is 13.8 Å². The number of ether oxygens (including phenoxy) is 6. The van der Waals surface area contributed by atoms with Crippen molar-refractivity contribution in [3.05, 3.63) is 34.5 Å². The Balaban J connectivity index is 0. The Morgan fingerprint density at radius 2 is 1.26 bits per heavy atom. The monoisotopic (exact) mass is 668 g/mol. The lowest BCUT2D eigenvalue weighted by Gasteiger charge is -2.34. The Bertz CT molecular complexity index is 1220. The van der Waals surface area contributed by atoms with Gasteiger partial charge >= 0.3 is 17.9 Å². The molecule has 11 nitrogen and oxygen atoms in total. The van der Waals surface area contributed by atoms with Crippen LogP contribution in [0.15, 0.2) is 34.5 Å². The number of rotatable bonds is 5. The fraction of sp³-hybridized carbons (Fsp3) is 0.694. The number of carbonyl (C=O) groups is 5. The molecule has 0 N–H and O–H groups in total. The van der Waals surface area contributed by atoms with E-state index in [1.807, 2.05) is 47.6 Å². The van der Waals surface area contributed by atoms with Crippen LogP contribution in [0.1, 0.15) is 137 Å². The topological polar surface area (TPSA) is 141 Å². The highest BCUT2D eigenvalue weighted by atomic mass is 16.7. The lowest BCUT2D eigenvalue weighted by atomic mass is 10.1. The fourth-order valence-electron chi connectivity index (χ4n) is 3.54. The molecule has 0 aliphatic carbocycles. The molecule has 2 aliphatic heterocycles. The van der Waals surface area contributed by atoms with Gasteiger partial charge in [0.05, 0.1) is 5.57 Å². The van der Waals surface area contributed by atoms with Crippen molar-refractivity contribution in [1.29, 1.82) is 0 Å². The maximum atomic E-state index is 11.2. The summed E-state index contributed by atoms with van der Waals surface area (Å²) in [6.45, 7) is 31.8. The average Bonchev–Trinajstić information content (AvgIpc) is 2.85. The molecular formula is C36H60O11. The van der Waals surface area contributed by atoms with Crippen molar-refractivity contribution in [3.8, 4) is 0 Å². The van der Waals surface area contributed by atoms with Crippen LogP contribution in [0.3, 0.4) is 0 Å².